The summed E-state index contributed by atoms with van der Waals surface area (Å²) in [6.07, 6.45) is 3.34. The quantitative estimate of drug-likeness (QED) is 0.601. The molecule has 0 saturated heterocycles. The van der Waals surface area contributed by atoms with E-state index < -0.39 is 5.97 Å². The lowest BCUT2D eigenvalue weighted by Gasteiger charge is -2.25. The van der Waals surface area contributed by atoms with E-state index in [0.29, 0.717) is 24.5 Å². The summed E-state index contributed by atoms with van der Waals surface area (Å²) in [4.78, 5) is 10.9. The lowest BCUT2D eigenvalue weighted by Crippen LogP contribution is -2.23. The lowest BCUT2D eigenvalue weighted by molar-refractivity contribution is -0.143. The molecule has 2 aromatic carbocycles. The van der Waals surface area contributed by atoms with Gasteiger partial charge in [-0.05, 0) is 67.8 Å². The molecular weight excluding hydrogens is 388 g/mol. The third-order valence-corrected chi connectivity index (χ3v) is 5.23. The zero-order valence-electron chi connectivity index (χ0n) is 16.0. The second-order valence-corrected chi connectivity index (χ2v) is 7.71. The van der Waals surface area contributed by atoms with E-state index in [1.54, 1.807) is 0 Å². The number of ether oxygens (including phenoxy) is 1. The minimum Gasteiger partial charge on any atom is -0.487 e. The number of allylic oxidation sites excluding steroid dienone is 1. The molecule has 1 fully saturated rings. The SMILES string of the molecule is Cc1cc(COc2ccc(C=C3CC(C(=O)O)C3)cc2)n(-c2ccc(Cl)cc2)n1. The van der Waals surface area contributed by atoms with Gasteiger partial charge >= 0.3 is 5.97 Å². The maximum atomic E-state index is 10.9. The van der Waals surface area contributed by atoms with Gasteiger partial charge in [0.05, 0.1) is 23.0 Å². The fraction of sp³-hybridized carbons (Fsp3) is 0.217. The first kappa shape index (κ1) is 19.3. The molecule has 0 atom stereocenters. The molecule has 1 N–H and O–H groups in total. The van der Waals surface area contributed by atoms with Crippen molar-refractivity contribution < 1.29 is 14.6 Å². The molecular formula is C23H21ClN2O3. The minimum absolute atomic E-state index is 0.224. The summed E-state index contributed by atoms with van der Waals surface area (Å²) in [5.41, 5.74) is 5.03. The molecule has 0 aliphatic heterocycles. The fourth-order valence-electron chi connectivity index (χ4n) is 3.38. The molecule has 148 valence electrons. The summed E-state index contributed by atoms with van der Waals surface area (Å²) < 4.78 is 7.82. The molecule has 5 nitrogen and oxygen atoms in total. The molecule has 0 bridgehead atoms. The summed E-state index contributed by atoms with van der Waals surface area (Å²) in [7, 11) is 0. The largest absolute Gasteiger partial charge is 0.487 e. The van der Waals surface area contributed by atoms with Crippen LogP contribution in [0.25, 0.3) is 11.8 Å². The van der Waals surface area contributed by atoms with E-state index in [9.17, 15) is 4.79 Å². The standard InChI is InChI=1S/C23H21ClN2O3/c1-15-10-21(26(25-15)20-6-4-19(24)5-7-20)14-29-22-8-2-16(3-9-22)11-17-12-18(13-17)23(27)28/h2-11,18H,12-14H2,1H3,(H,27,28). The molecule has 6 heteroatoms. The fourth-order valence-corrected chi connectivity index (χ4v) is 3.51. The van der Waals surface area contributed by atoms with Gasteiger partial charge in [0.25, 0.3) is 0 Å². The van der Waals surface area contributed by atoms with Crippen LogP contribution in [0.5, 0.6) is 5.75 Å². The Hall–Kier alpha value is -3.05. The van der Waals surface area contributed by atoms with Crippen LogP contribution in [0.3, 0.4) is 0 Å². The normalized spacial score (nSPS) is 15.7. The summed E-state index contributed by atoms with van der Waals surface area (Å²) >= 11 is 5.98. The summed E-state index contributed by atoms with van der Waals surface area (Å²) in [5.74, 6) is -0.164. The van der Waals surface area contributed by atoms with Crippen LogP contribution in [0, 0.1) is 12.8 Å². The number of halogens is 1. The number of carboxylic acid groups (broad SMARTS) is 1. The highest BCUT2D eigenvalue weighted by Gasteiger charge is 2.29. The maximum absolute atomic E-state index is 10.9. The number of nitrogens with zero attached hydrogens (tertiary/aromatic N) is 2. The van der Waals surface area contributed by atoms with Gasteiger partial charge in [-0.2, -0.15) is 5.10 Å². The molecule has 0 spiro atoms. The van der Waals surface area contributed by atoms with Gasteiger partial charge in [0.2, 0.25) is 0 Å². The molecule has 1 aliphatic rings. The number of hydrogen-bond acceptors (Lipinski definition) is 3. The topological polar surface area (TPSA) is 64.3 Å². The van der Waals surface area contributed by atoms with Gasteiger partial charge in [-0.1, -0.05) is 35.4 Å². The van der Waals surface area contributed by atoms with Crippen LogP contribution in [-0.2, 0) is 11.4 Å². The first-order valence-electron chi connectivity index (χ1n) is 9.44. The van der Waals surface area contributed by atoms with E-state index in [4.69, 9.17) is 21.4 Å². The molecule has 3 aromatic rings. The van der Waals surface area contributed by atoms with Gasteiger partial charge in [0.15, 0.2) is 0 Å². The van der Waals surface area contributed by atoms with E-state index >= 15 is 0 Å². The van der Waals surface area contributed by atoms with Crippen molar-refractivity contribution in [2.75, 3.05) is 0 Å². The third kappa shape index (κ3) is 4.51. The predicted molar refractivity (Wildman–Crippen MR) is 112 cm³/mol. The third-order valence-electron chi connectivity index (χ3n) is 4.98. The molecule has 1 heterocycles. The zero-order valence-corrected chi connectivity index (χ0v) is 16.8. The summed E-state index contributed by atoms with van der Waals surface area (Å²) in [6.45, 7) is 2.35. The van der Waals surface area contributed by atoms with Crippen LogP contribution in [-0.4, -0.2) is 20.9 Å². The van der Waals surface area contributed by atoms with Crippen molar-refractivity contribution in [1.29, 1.82) is 0 Å². The van der Waals surface area contributed by atoms with Gasteiger partial charge < -0.3 is 9.84 Å². The van der Waals surface area contributed by atoms with Gasteiger partial charge in [-0.25, -0.2) is 4.68 Å². The van der Waals surface area contributed by atoms with E-state index in [2.05, 4.69) is 11.2 Å². The Labute approximate surface area is 174 Å². The molecule has 1 aliphatic carbocycles. The van der Waals surface area contributed by atoms with Crippen molar-refractivity contribution >= 4 is 23.6 Å². The van der Waals surface area contributed by atoms with Gasteiger partial charge in [0, 0.05) is 5.02 Å². The van der Waals surface area contributed by atoms with Crippen molar-refractivity contribution in [1.82, 2.24) is 9.78 Å². The predicted octanol–water partition coefficient (Wildman–Crippen LogP) is 5.29. The molecule has 0 radical (unpaired) electrons. The number of rotatable bonds is 6. The number of aryl methyl sites for hydroxylation is 1. The molecule has 1 aromatic heterocycles. The Kier molecular flexibility index (Phi) is 5.41. The zero-order chi connectivity index (χ0) is 20.4. The Balaban J connectivity index is 1.41. The van der Waals surface area contributed by atoms with Crippen LogP contribution in [0.1, 0.15) is 29.8 Å². The second kappa shape index (κ2) is 8.13. The Morgan fingerprint density at radius 1 is 1.21 bits per heavy atom. The average molecular weight is 409 g/mol. The van der Waals surface area contributed by atoms with Crippen molar-refractivity contribution in [3.05, 3.63) is 82.1 Å². The number of hydrogen-bond donors (Lipinski definition) is 1. The van der Waals surface area contributed by atoms with E-state index in [0.717, 1.165) is 28.4 Å². The van der Waals surface area contributed by atoms with Crippen molar-refractivity contribution in [2.45, 2.75) is 26.4 Å². The molecule has 4 rings (SSSR count). The monoisotopic (exact) mass is 408 g/mol. The number of carboxylic acids is 1. The van der Waals surface area contributed by atoms with Crippen molar-refractivity contribution in [2.24, 2.45) is 5.92 Å². The number of benzene rings is 2. The van der Waals surface area contributed by atoms with Gasteiger partial charge in [0.1, 0.15) is 12.4 Å². The highest BCUT2D eigenvalue weighted by molar-refractivity contribution is 6.30. The van der Waals surface area contributed by atoms with Crippen molar-refractivity contribution in [3.8, 4) is 11.4 Å². The summed E-state index contributed by atoms with van der Waals surface area (Å²) in [5, 5.41) is 14.2. The second-order valence-electron chi connectivity index (χ2n) is 7.27. The van der Waals surface area contributed by atoms with Crippen LogP contribution in [0.15, 0.2) is 60.2 Å². The van der Waals surface area contributed by atoms with Gasteiger partial charge in [-0.3, -0.25) is 4.79 Å². The maximum Gasteiger partial charge on any atom is 0.307 e. The highest BCUT2D eigenvalue weighted by Crippen LogP contribution is 2.34. The smallest absolute Gasteiger partial charge is 0.307 e. The molecule has 29 heavy (non-hydrogen) atoms. The van der Waals surface area contributed by atoms with Crippen LogP contribution in [0.4, 0.5) is 0 Å². The first-order chi connectivity index (χ1) is 14.0. The molecule has 1 saturated carbocycles. The van der Waals surface area contributed by atoms with Crippen molar-refractivity contribution in [3.63, 3.8) is 0 Å². The van der Waals surface area contributed by atoms with E-state index in [1.165, 1.54) is 5.57 Å². The highest BCUT2D eigenvalue weighted by atomic mass is 35.5. The Bertz CT molecular complexity index is 1040. The van der Waals surface area contributed by atoms with E-state index in [1.807, 2.05) is 66.2 Å². The first-order valence-corrected chi connectivity index (χ1v) is 9.82. The number of aliphatic carboxylic acids is 1. The molecule has 0 unspecified atom stereocenters. The Morgan fingerprint density at radius 2 is 1.90 bits per heavy atom. The van der Waals surface area contributed by atoms with Crippen LogP contribution < -0.4 is 4.74 Å². The lowest BCUT2D eigenvalue weighted by atomic mass is 9.79. The summed E-state index contributed by atoms with van der Waals surface area (Å²) in [6, 6.07) is 17.4. The van der Waals surface area contributed by atoms with Gasteiger partial charge in [-0.15, -0.1) is 0 Å². The van der Waals surface area contributed by atoms with Crippen LogP contribution >= 0.6 is 11.6 Å². The molecule has 0 amide bonds. The Morgan fingerprint density at radius 3 is 2.55 bits per heavy atom. The number of carbonyl (C=O) groups is 1. The van der Waals surface area contributed by atoms with Crippen LogP contribution in [0.2, 0.25) is 5.02 Å². The number of aromatic nitrogens is 2. The minimum atomic E-state index is -0.709. The van der Waals surface area contributed by atoms with E-state index in [-0.39, 0.29) is 5.92 Å². The average Bonchev–Trinajstić information content (AvgIpc) is 3.04.